The summed E-state index contributed by atoms with van der Waals surface area (Å²) >= 11 is 6.43. The average molecular weight is 370 g/mol. The van der Waals surface area contributed by atoms with Gasteiger partial charge in [-0.3, -0.25) is 4.90 Å². The summed E-state index contributed by atoms with van der Waals surface area (Å²) in [6.07, 6.45) is 4.42. The van der Waals surface area contributed by atoms with Crippen LogP contribution in [0.1, 0.15) is 43.6 Å². The predicted molar refractivity (Wildman–Crippen MR) is 103 cm³/mol. The van der Waals surface area contributed by atoms with Crippen LogP contribution in [0.15, 0.2) is 24.5 Å². The Kier molecular flexibility index (Phi) is 4.56. The Morgan fingerprint density at radius 3 is 2.88 bits per heavy atom. The van der Waals surface area contributed by atoms with Crippen molar-refractivity contribution in [2.45, 2.75) is 45.4 Å². The molecule has 0 radical (unpaired) electrons. The molecule has 2 aliphatic rings. The first-order valence-electron chi connectivity index (χ1n) is 9.12. The molecule has 0 bridgehead atoms. The van der Waals surface area contributed by atoms with Crippen molar-refractivity contribution in [3.63, 3.8) is 0 Å². The van der Waals surface area contributed by atoms with Gasteiger partial charge in [0.25, 0.3) is 0 Å². The van der Waals surface area contributed by atoms with Crippen LogP contribution in [0.3, 0.4) is 0 Å². The summed E-state index contributed by atoms with van der Waals surface area (Å²) < 4.78 is 8.10. The molecule has 0 spiro atoms. The van der Waals surface area contributed by atoms with E-state index < -0.39 is 5.60 Å². The van der Waals surface area contributed by atoms with Crippen molar-refractivity contribution in [1.82, 2.24) is 14.5 Å². The first-order valence-corrected chi connectivity index (χ1v) is 9.50. The summed E-state index contributed by atoms with van der Waals surface area (Å²) in [6, 6.07) is 6.01. The van der Waals surface area contributed by atoms with Crippen molar-refractivity contribution in [2.24, 2.45) is 5.92 Å². The van der Waals surface area contributed by atoms with Gasteiger partial charge >= 0.3 is 0 Å². The van der Waals surface area contributed by atoms with Gasteiger partial charge in [-0.2, -0.15) is 0 Å². The lowest BCUT2D eigenvalue weighted by molar-refractivity contribution is 0.0203. The fourth-order valence-corrected chi connectivity index (χ4v) is 3.43. The number of hydrogen-bond acceptors (Lipinski definition) is 3. The highest BCUT2D eigenvalue weighted by atomic mass is 35.5. The van der Waals surface area contributed by atoms with Crippen LogP contribution in [-0.4, -0.2) is 33.7 Å². The first kappa shape index (κ1) is 17.6. The second-order valence-electron chi connectivity index (χ2n) is 7.83. The summed E-state index contributed by atoms with van der Waals surface area (Å²) in [5.74, 6) is 7.27. The molecule has 5 heteroatoms. The van der Waals surface area contributed by atoms with Crippen molar-refractivity contribution in [1.29, 1.82) is 0 Å². The minimum absolute atomic E-state index is 0.461. The van der Waals surface area contributed by atoms with E-state index in [1.807, 2.05) is 32.3 Å². The molecule has 1 aliphatic heterocycles. The van der Waals surface area contributed by atoms with E-state index in [4.69, 9.17) is 16.3 Å². The Morgan fingerprint density at radius 2 is 2.12 bits per heavy atom. The second kappa shape index (κ2) is 6.74. The van der Waals surface area contributed by atoms with Crippen molar-refractivity contribution in [3.8, 4) is 17.5 Å². The zero-order valence-corrected chi connectivity index (χ0v) is 16.3. The van der Waals surface area contributed by atoms with Gasteiger partial charge in [0.1, 0.15) is 17.6 Å². The zero-order valence-electron chi connectivity index (χ0n) is 15.6. The number of aromatic nitrogens is 2. The zero-order chi connectivity index (χ0) is 18.3. The molecular weight excluding hydrogens is 346 g/mol. The van der Waals surface area contributed by atoms with Gasteiger partial charge < -0.3 is 9.30 Å². The SMILES string of the molecule is CN1Cc2c(Cl)cccc2-n2cnc(C#CC(C)(C)OCC3CC3)c2C1. The molecule has 2 heterocycles. The third-order valence-corrected chi connectivity index (χ3v) is 5.28. The molecule has 4 nitrogen and oxygen atoms in total. The van der Waals surface area contributed by atoms with Crippen LogP contribution >= 0.6 is 11.6 Å². The van der Waals surface area contributed by atoms with Crippen LogP contribution in [-0.2, 0) is 17.8 Å². The smallest absolute Gasteiger partial charge is 0.136 e. The number of benzene rings is 1. The number of fused-ring (bicyclic) bond motifs is 3. The standard InChI is InChI=1S/C21H24ClN3O/c1-21(2,26-13-15-7-8-15)10-9-18-20-12-24(3)11-16-17(22)5-4-6-19(16)25(20)14-23-18/h4-6,14-15H,7-8,11-13H2,1-3H3. The molecule has 1 aromatic carbocycles. The molecule has 0 atom stereocenters. The molecule has 136 valence electrons. The quantitative estimate of drug-likeness (QED) is 0.765. The number of ether oxygens (including phenoxy) is 1. The number of hydrogen-bond donors (Lipinski definition) is 0. The lowest BCUT2D eigenvalue weighted by Gasteiger charge is -2.18. The largest absolute Gasteiger partial charge is 0.363 e. The molecule has 2 aromatic rings. The fraction of sp³-hybridized carbons (Fsp3) is 0.476. The highest BCUT2D eigenvalue weighted by molar-refractivity contribution is 6.31. The number of imidazole rings is 1. The van der Waals surface area contributed by atoms with Crippen LogP contribution in [0.5, 0.6) is 0 Å². The van der Waals surface area contributed by atoms with E-state index in [2.05, 4.69) is 39.4 Å². The van der Waals surface area contributed by atoms with Gasteiger partial charge in [0.05, 0.1) is 18.0 Å². The van der Waals surface area contributed by atoms with E-state index >= 15 is 0 Å². The first-order chi connectivity index (χ1) is 12.4. The van der Waals surface area contributed by atoms with Crippen LogP contribution in [0.25, 0.3) is 5.69 Å². The Hall–Kier alpha value is -1.80. The molecule has 1 aromatic heterocycles. The predicted octanol–water partition coefficient (Wildman–Crippen LogP) is 4.03. The topological polar surface area (TPSA) is 30.3 Å². The molecule has 1 fully saturated rings. The second-order valence-corrected chi connectivity index (χ2v) is 8.24. The maximum Gasteiger partial charge on any atom is 0.136 e. The van der Waals surface area contributed by atoms with Crippen molar-refractivity contribution < 1.29 is 4.74 Å². The number of nitrogens with zero attached hydrogens (tertiary/aromatic N) is 3. The minimum Gasteiger partial charge on any atom is -0.363 e. The van der Waals surface area contributed by atoms with Gasteiger partial charge in [-0.05, 0) is 57.7 Å². The van der Waals surface area contributed by atoms with Crippen LogP contribution in [0.2, 0.25) is 5.02 Å². The minimum atomic E-state index is -0.461. The van der Waals surface area contributed by atoms with Crippen LogP contribution < -0.4 is 0 Å². The number of halogens is 1. The average Bonchev–Trinajstić information content (AvgIpc) is 3.36. The molecular formula is C21H24ClN3O. The molecule has 4 rings (SSSR count). The van der Waals surface area contributed by atoms with E-state index in [0.717, 1.165) is 53.3 Å². The van der Waals surface area contributed by atoms with Gasteiger partial charge in [-0.25, -0.2) is 4.98 Å². The number of rotatable bonds is 3. The van der Waals surface area contributed by atoms with E-state index in [1.165, 1.54) is 12.8 Å². The third-order valence-electron chi connectivity index (χ3n) is 4.93. The molecule has 0 amide bonds. The summed E-state index contributed by atoms with van der Waals surface area (Å²) in [7, 11) is 2.09. The Bertz CT molecular complexity index is 886. The fourth-order valence-electron chi connectivity index (χ4n) is 3.20. The molecule has 26 heavy (non-hydrogen) atoms. The van der Waals surface area contributed by atoms with E-state index in [-0.39, 0.29) is 0 Å². The molecule has 0 saturated heterocycles. The highest BCUT2D eigenvalue weighted by Gasteiger charge is 2.26. The lowest BCUT2D eigenvalue weighted by Crippen LogP contribution is -2.23. The molecule has 1 saturated carbocycles. The van der Waals surface area contributed by atoms with Crippen molar-refractivity contribution in [2.75, 3.05) is 13.7 Å². The van der Waals surface area contributed by atoms with Crippen molar-refractivity contribution >= 4 is 11.6 Å². The van der Waals surface area contributed by atoms with E-state index in [0.29, 0.717) is 0 Å². The molecule has 0 N–H and O–H groups in total. The third kappa shape index (κ3) is 3.66. The van der Waals surface area contributed by atoms with Gasteiger partial charge in [0.2, 0.25) is 0 Å². The van der Waals surface area contributed by atoms with Crippen LogP contribution in [0, 0.1) is 17.8 Å². The summed E-state index contributed by atoms with van der Waals surface area (Å²) in [6.45, 7) is 6.44. The monoisotopic (exact) mass is 369 g/mol. The lowest BCUT2D eigenvalue weighted by atomic mass is 10.1. The maximum absolute atomic E-state index is 6.43. The Labute approximate surface area is 160 Å². The van der Waals surface area contributed by atoms with Crippen molar-refractivity contribution in [3.05, 3.63) is 46.5 Å². The summed E-state index contributed by atoms with van der Waals surface area (Å²) in [5, 5.41) is 0.790. The van der Waals surface area contributed by atoms with Crippen LogP contribution in [0.4, 0.5) is 0 Å². The normalized spacial score (nSPS) is 17.1. The Morgan fingerprint density at radius 1 is 1.31 bits per heavy atom. The summed E-state index contributed by atoms with van der Waals surface area (Å²) in [4.78, 5) is 6.82. The van der Waals surface area contributed by atoms with Gasteiger partial charge in [0.15, 0.2) is 0 Å². The van der Waals surface area contributed by atoms with E-state index in [1.54, 1.807) is 0 Å². The van der Waals surface area contributed by atoms with E-state index in [9.17, 15) is 0 Å². The van der Waals surface area contributed by atoms with Gasteiger partial charge in [0, 0.05) is 23.7 Å². The van der Waals surface area contributed by atoms with Gasteiger partial charge in [-0.15, -0.1) is 0 Å². The van der Waals surface area contributed by atoms with Gasteiger partial charge in [-0.1, -0.05) is 23.6 Å². The summed E-state index contributed by atoms with van der Waals surface area (Å²) in [5.41, 5.74) is 3.66. The molecule has 0 unspecified atom stereocenters. The Balaban J connectivity index is 1.66. The maximum atomic E-state index is 6.43. The highest BCUT2D eigenvalue weighted by Crippen LogP contribution is 2.31. The molecule has 1 aliphatic carbocycles.